The van der Waals surface area contributed by atoms with Crippen LogP contribution in [-0.2, 0) is 11.3 Å². The smallest absolute Gasteiger partial charge is 0.411 e. The van der Waals surface area contributed by atoms with Gasteiger partial charge in [0.2, 0.25) is 0 Å². The van der Waals surface area contributed by atoms with Crippen molar-refractivity contribution in [1.82, 2.24) is 0 Å². The predicted octanol–water partition coefficient (Wildman–Crippen LogP) is 4.24. The molecule has 6 heteroatoms. The molecule has 0 aliphatic heterocycles. The summed E-state index contributed by atoms with van der Waals surface area (Å²) >= 11 is 0. The highest BCUT2D eigenvalue weighted by Crippen LogP contribution is 2.44. The Bertz CT molecular complexity index is 1050. The predicted molar refractivity (Wildman–Crippen MR) is 108 cm³/mol. The number of amides is 1. The lowest BCUT2D eigenvalue weighted by atomic mass is 9.98. The molecular formula is C23H19NO5. The van der Waals surface area contributed by atoms with Crippen LogP contribution < -0.4 is 5.32 Å². The van der Waals surface area contributed by atoms with E-state index in [0.717, 1.165) is 22.3 Å². The van der Waals surface area contributed by atoms with Gasteiger partial charge in [-0.1, -0.05) is 54.6 Å². The largest absolute Gasteiger partial charge is 0.478 e. The summed E-state index contributed by atoms with van der Waals surface area (Å²) in [4.78, 5) is 23.5. The average Bonchev–Trinajstić information content (AvgIpc) is 3.06. The third kappa shape index (κ3) is 3.58. The van der Waals surface area contributed by atoms with E-state index in [1.807, 2.05) is 36.4 Å². The molecule has 0 bridgehead atoms. The van der Waals surface area contributed by atoms with Crippen LogP contribution in [0.3, 0.4) is 0 Å². The summed E-state index contributed by atoms with van der Waals surface area (Å²) in [5, 5.41) is 21.1. The van der Waals surface area contributed by atoms with E-state index in [1.165, 1.54) is 18.2 Å². The van der Waals surface area contributed by atoms with Gasteiger partial charge in [-0.3, -0.25) is 5.32 Å². The molecule has 3 aromatic carbocycles. The molecule has 1 aliphatic rings. The SMILES string of the molecule is O=C(Nc1cc(C(=O)O)ccc1CO)OCC1c2ccccc2-c2ccccc21. The summed E-state index contributed by atoms with van der Waals surface area (Å²) in [6, 6.07) is 20.2. The minimum atomic E-state index is -1.12. The quantitative estimate of drug-likeness (QED) is 0.607. The van der Waals surface area contributed by atoms with Crippen LogP contribution in [-0.4, -0.2) is 28.9 Å². The van der Waals surface area contributed by atoms with Crippen molar-refractivity contribution in [2.24, 2.45) is 0 Å². The molecule has 29 heavy (non-hydrogen) atoms. The third-order valence-electron chi connectivity index (χ3n) is 5.11. The van der Waals surface area contributed by atoms with Crippen LogP contribution >= 0.6 is 0 Å². The van der Waals surface area contributed by atoms with E-state index < -0.39 is 12.1 Å². The topological polar surface area (TPSA) is 95.9 Å². The normalized spacial score (nSPS) is 12.2. The number of carbonyl (C=O) groups is 2. The molecule has 0 aromatic heterocycles. The first-order chi connectivity index (χ1) is 14.1. The Morgan fingerprint density at radius 2 is 1.55 bits per heavy atom. The summed E-state index contributed by atoms with van der Waals surface area (Å²) in [6.07, 6.45) is -0.705. The van der Waals surface area contributed by atoms with Crippen LogP contribution in [0.1, 0.15) is 33.0 Å². The number of anilines is 1. The number of carboxylic acid groups (broad SMARTS) is 1. The first-order valence-electron chi connectivity index (χ1n) is 9.17. The molecule has 0 fully saturated rings. The van der Waals surface area contributed by atoms with Gasteiger partial charge in [0.25, 0.3) is 0 Å². The fourth-order valence-electron chi connectivity index (χ4n) is 3.71. The van der Waals surface area contributed by atoms with E-state index in [2.05, 4.69) is 17.4 Å². The van der Waals surface area contributed by atoms with Gasteiger partial charge < -0.3 is 14.9 Å². The summed E-state index contributed by atoms with van der Waals surface area (Å²) in [5.74, 6) is -1.19. The lowest BCUT2D eigenvalue weighted by Gasteiger charge is -2.15. The zero-order valence-corrected chi connectivity index (χ0v) is 15.5. The Morgan fingerprint density at radius 3 is 2.14 bits per heavy atom. The Hall–Kier alpha value is -3.64. The molecule has 1 aliphatic carbocycles. The molecule has 0 atom stereocenters. The fraction of sp³-hybridized carbons (Fsp3) is 0.130. The maximum Gasteiger partial charge on any atom is 0.411 e. The molecule has 0 spiro atoms. The minimum Gasteiger partial charge on any atom is -0.478 e. The summed E-state index contributed by atoms with van der Waals surface area (Å²) in [7, 11) is 0. The summed E-state index contributed by atoms with van der Waals surface area (Å²) in [5.41, 5.74) is 5.10. The maximum atomic E-state index is 12.4. The number of ether oxygens (including phenoxy) is 1. The number of fused-ring (bicyclic) bond motifs is 3. The number of carboxylic acids is 1. The van der Waals surface area contributed by atoms with Gasteiger partial charge in [0.15, 0.2) is 0 Å². The molecule has 3 aromatic rings. The van der Waals surface area contributed by atoms with Crippen LogP contribution in [0.4, 0.5) is 10.5 Å². The van der Waals surface area contributed by atoms with E-state index in [9.17, 15) is 14.7 Å². The van der Waals surface area contributed by atoms with E-state index in [0.29, 0.717) is 5.56 Å². The summed E-state index contributed by atoms with van der Waals surface area (Å²) in [6.45, 7) is -0.189. The van der Waals surface area contributed by atoms with Crippen LogP contribution in [0.15, 0.2) is 66.7 Å². The molecule has 0 heterocycles. The second-order valence-corrected chi connectivity index (χ2v) is 6.79. The number of carbonyl (C=O) groups excluding carboxylic acids is 1. The van der Waals surface area contributed by atoms with Crippen molar-refractivity contribution >= 4 is 17.7 Å². The van der Waals surface area contributed by atoms with Crippen molar-refractivity contribution in [1.29, 1.82) is 0 Å². The van der Waals surface area contributed by atoms with Gasteiger partial charge in [0.1, 0.15) is 6.61 Å². The van der Waals surface area contributed by atoms with Gasteiger partial charge in [-0.25, -0.2) is 9.59 Å². The number of rotatable bonds is 5. The van der Waals surface area contributed by atoms with Crippen molar-refractivity contribution in [2.45, 2.75) is 12.5 Å². The van der Waals surface area contributed by atoms with Crippen molar-refractivity contribution in [3.8, 4) is 11.1 Å². The number of nitrogens with one attached hydrogen (secondary N) is 1. The van der Waals surface area contributed by atoms with Crippen molar-refractivity contribution in [3.63, 3.8) is 0 Å². The molecule has 0 radical (unpaired) electrons. The van der Waals surface area contributed by atoms with Crippen LogP contribution in [0.25, 0.3) is 11.1 Å². The molecule has 146 valence electrons. The third-order valence-corrected chi connectivity index (χ3v) is 5.11. The molecular weight excluding hydrogens is 370 g/mol. The maximum absolute atomic E-state index is 12.4. The molecule has 0 unspecified atom stereocenters. The fourth-order valence-corrected chi connectivity index (χ4v) is 3.71. The second-order valence-electron chi connectivity index (χ2n) is 6.79. The lowest BCUT2D eigenvalue weighted by molar-refractivity contribution is 0.0696. The summed E-state index contributed by atoms with van der Waals surface area (Å²) < 4.78 is 5.46. The van der Waals surface area contributed by atoms with Gasteiger partial charge >= 0.3 is 12.1 Å². The van der Waals surface area contributed by atoms with Gasteiger partial charge in [-0.05, 0) is 34.4 Å². The minimum absolute atomic E-state index is 0.0103. The lowest BCUT2D eigenvalue weighted by Crippen LogP contribution is -2.19. The molecule has 1 amide bonds. The Morgan fingerprint density at radius 1 is 0.931 bits per heavy atom. The zero-order valence-electron chi connectivity index (χ0n) is 15.5. The highest BCUT2D eigenvalue weighted by atomic mass is 16.5. The van der Waals surface area contributed by atoms with E-state index in [4.69, 9.17) is 9.84 Å². The van der Waals surface area contributed by atoms with Crippen LogP contribution in [0.5, 0.6) is 0 Å². The number of benzene rings is 3. The van der Waals surface area contributed by atoms with Crippen molar-refractivity contribution in [3.05, 3.63) is 89.0 Å². The first-order valence-corrected chi connectivity index (χ1v) is 9.17. The highest BCUT2D eigenvalue weighted by Gasteiger charge is 2.29. The second kappa shape index (κ2) is 7.77. The van der Waals surface area contributed by atoms with Crippen LogP contribution in [0.2, 0.25) is 0 Å². The van der Waals surface area contributed by atoms with Crippen molar-refractivity contribution < 1.29 is 24.5 Å². The number of hydrogen-bond acceptors (Lipinski definition) is 4. The van der Waals surface area contributed by atoms with Gasteiger partial charge in [0.05, 0.1) is 17.9 Å². The number of aliphatic hydroxyl groups is 1. The molecule has 6 nitrogen and oxygen atoms in total. The average molecular weight is 389 g/mol. The monoisotopic (exact) mass is 389 g/mol. The van der Waals surface area contributed by atoms with Crippen molar-refractivity contribution in [2.75, 3.05) is 11.9 Å². The molecule has 4 rings (SSSR count). The highest BCUT2D eigenvalue weighted by molar-refractivity contribution is 5.92. The van der Waals surface area contributed by atoms with Gasteiger partial charge in [-0.15, -0.1) is 0 Å². The number of hydrogen-bond donors (Lipinski definition) is 3. The Labute approximate surface area is 167 Å². The first kappa shape index (κ1) is 18.7. The van der Waals surface area contributed by atoms with E-state index in [1.54, 1.807) is 0 Å². The standard InChI is InChI=1S/C23H19NO5/c25-12-15-10-9-14(22(26)27)11-21(15)24-23(28)29-13-20-18-7-3-1-5-16(18)17-6-2-4-8-19(17)20/h1-11,20,25H,12-13H2,(H,24,28)(H,26,27). The molecule has 3 N–H and O–H groups in total. The van der Waals surface area contributed by atoms with Gasteiger partial charge in [-0.2, -0.15) is 0 Å². The molecule has 0 saturated carbocycles. The zero-order chi connectivity index (χ0) is 20.4. The molecule has 0 saturated heterocycles. The van der Waals surface area contributed by atoms with E-state index >= 15 is 0 Å². The Balaban J connectivity index is 1.51. The van der Waals surface area contributed by atoms with Gasteiger partial charge in [0, 0.05) is 11.5 Å². The Kier molecular flexibility index (Phi) is 5.01. The van der Waals surface area contributed by atoms with E-state index in [-0.39, 0.29) is 30.4 Å². The van der Waals surface area contributed by atoms with Crippen LogP contribution in [0, 0.1) is 0 Å². The number of aliphatic hydroxyl groups excluding tert-OH is 1. The number of aromatic carboxylic acids is 1.